The van der Waals surface area contributed by atoms with Crippen molar-refractivity contribution in [3.63, 3.8) is 0 Å². The molecular weight excluding hydrogens is 503 g/mol. The number of rotatable bonds is 9. The van der Waals surface area contributed by atoms with E-state index in [1.54, 1.807) is 11.9 Å². The summed E-state index contributed by atoms with van der Waals surface area (Å²) in [5.41, 5.74) is 0.558. The molecule has 4 unspecified atom stereocenters. The van der Waals surface area contributed by atoms with Gasteiger partial charge in [0.1, 0.15) is 40.3 Å². The molecule has 4 rings (SSSR count). The molecule has 3 aromatic rings. The number of likely N-dealkylation sites (N-methyl/N-ethyl adjacent to an activating group) is 1. The van der Waals surface area contributed by atoms with E-state index >= 15 is 0 Å². The van der Waals surface area contributed by atoms with Gasteiger partial charge in [-0.3, -0.25) is 10.1 Å². The van der Waals surface area contributed by atoms with Gasteiger partial charge in [-0.2, -0.15) is 0 Å². The number of aliphatic hydroxyl groups excluding tert-OH is 4. The number of hydrogen-bond acceptors (Lipinski definition) is 7. The first-order chi connectivity index (χ1) is 18.3. The lowest BCUT2D eigenvalue weighted by Crippen LogP contribution is -2.47. The van der Waals surface area contributed by atoms with E-state index in [0.29, 0.717) is 11.3 Å². The lowest BCUT2D eigenvalue weighted by Gasteiger charge is -2.30. The predicted octanol–water partition coefficient (Wildman–Crippen LogP) is 0.649. The van der Waals surface area contributed by atoms with Crippen LogP contribution in [-0.2, 0) is 9.53 Å². The van der Waals surface area contributed by atoms with Gasteiger partial charge in [0.2, 0.25) is 11.3 Å². The molecule has 4 atom stereocenters. The van der Waals surface area contributed by atoms with Gasteiger partial charge in [-0.25, -0.2) is 0 Å². The maximum Gasteiger partial charge on any atom is 0.253 e. The molecule has 0 bridgehead atoms. The number of carbonyl (C=O) groups excluding carboxylic acids is 1. The Bertz CT molecular complexity index is 1150. The highest BCUT2D eigenvalue weighted by Crippen LogP contribution is 2.62. The van der Waals surface area contributed by atoms with Crippen LogP contribution in [0.3, 0.4) is 0 Å². The molecule has 0 aliphatic carbocycles. The molecule has 8 nitrogen and oxygen atoms in total. The van der Waals surface area contributed by atoms with Crippen molar-refractivity contribution >= 4 is 29.1 Å². The summed E-state index contributed by atoms with van der Waals surface area (Å²) in [6.45, 7) is 0.928. The second-order valence-electron chi connectivity index (χ2n) is 9.28. The maximum absolute atomic E-state index is 12.8. The fourth-order valence-electron chi connectivity index (χ4n) is 4.83. The van der Waals surface area contributed by atoms with Crippen LogP contribution in [0.15, 0.2) is 102 Å². The zero-order chi connectivity index (χ0) is 27.3. The van der Waals surface area contributed by atoms with Gasteiger partial charge < -0.3 is 30.1 Å². The molecular formula is C29H34N2O6P+. The van der Waals surface area contributed by atoms with E-state index in [2.05, 4.69) is 5.32 Å². The minimum Gasteiger partial charge on any atom is -0.467 e. The van der Waals surface area contributed by atoms with Gasteiger partial charge >= 0.3 is 0 Å². The quantitative estimate of drug-likeness (QED) is 0.254. The van der Waals surface area contributed by atoms with Crippen molar-refractivity contribution < 1.29 is 30.0 Å². The first-order valence-electron chi connectivity index (χ1n) is 12.4. The summed E-state index contributed by atoms with van der Waals surface area (Å²) in [6.07, 6.45) is -5.53. The highest BCUT2D eigenvalue weighted by molar-refractivity contribution is 7.99. The minimum absolute atomic E-state index is 0.188. The Balaban J connectivity index is 2.00. The van der Waals surface area contributed by atoms with Crippen LogP contribution in [0.1, 0.15) is 6.92 Å². The van der Waals surface area contributed by atoms with Crippen LogP contribution in [0.25, 0.3) is 0 Å². The van der Waals surface area contributed by atoms with Gasteiger partial charge in [0, 0.05) is 14.0 Å². The fraction of sp³-hybridized carbons (Fsp3) is 0.276. The van der Waals surface area contributed by atoms with E-state index in [1.165, 1.54) is 6.92 Å². The van der Waals surface area contributed by atoms with Crippen LogP contribution in [0.5, 0.6) is 0 Å². The van der Waals surface area contributed by atoms with Crippen molar-refractivity contribution in [2.75, 3.05) is 20.2 Å². The maximum atomic E-state index is 12.8. The molecule has 0 radical (unpaired) electrons. The highest BCUT2D eigenvalue weighted by atomic mass is 31.2. The monoisotopic (exact) mass is 537 g/mol. The van der Waals surface area contributed by atoms with Crippen LogP contribution < -0.4 is 21.2 Å². The number of nitrogens with one attached hydrogen (secondary N) is 1. The first-order valence-corrected chi connectivity index (χ1v) is 14.2. The molecule has 1 fully saturated rings. The fourth-order valence-corrected chi connectivity index (χ4v) is 9.19. The Labute approximate surface area is 223 Å². The second kappa shape index (κ2) is 12.1. The van der Waals surface area contributed by atoms with Gasteiger partial charge in [-0.1, -0.05) is 54.6 Å². The summed E-state index contributed by atoms with van der Waals surface area (Å²) in [6, 6.07) is 29.8. The predicted molar refractivity (Wildman–Crippen MR) is 149 cm³/mol. The van der Waals surface area contributed by atoms with E-state index in [1.807, 2.05) is 91.0 Å². The van der Waals surface area contributed by atoms with Crippen LogP contribution in [0.2, 0.25) is 0 Å². The third-order valence-electron chi connectivity index (χ3n) is 6.64. The summed E-state index contributed by atoms with van der Waals surface area (Å²) in [5, 5.41) is 46.4. The van der Waals surface area contributed by atoms with E-state index < -0.39 is 38.3 Å². The van der Waals surface area contributed by atoms with E-state index in [9.17, 15) is 25.2 Å². The molecule has 1 saturated heterocycles. The van der Waals surface area contributed by atoms with Crippen molar-refractivity contribution in [2.45, 2.75) is 31.3 Å². The topological polar surface area (TPSA) is 122 Å². The SMILES string of the molecule is CC(=O)N/C(=C1/OC(C(O)C(O)C(O)CO)CN1C)[P+](c1ccccc1)(c1ccccc1)c1ccccc1. The zero-order valence-electron chi connectivity index (χ0n) is 21.4. The molecule has 3 aromatic carbocycles. The zero-order valence-corrected chi connectivity index (χ0v) is 22.3. The molecule has 9 heteroatoms. The smallest absolute Gasteiger partial charge is 0.253 e. The minimum atomic E-state index is -2.76. The number of amides is 1. The Morgan fingerprint density at radius 2 is 1.37 bits per heavy atom. The van der Waals surface area contributed by atoms with Crippen molar-refractivity contribution in [1.29, 1.82) is 0 Å². The number of benzene rings is 3. The van der Waals surface area contributed by atoms with Crippen molar-refractivity contribution in [3.8, 4) is 0 Å². The summed E-state index contributed by atoms with van der Waals surface area (Å²) >= 11 is 0. The lowest BCUT2D eigenvalue weighted by atomic mass is 10.0. The molecule has 200 valence electrons. The molecule has 1 amide bonds. The molecule has 1 aliphatic rings. The first kappa shape index (κ1) is 27.8. The van der Waals surface area contributed by atoms with Crippen LogP contribution in [-0.4, -0.2) is 75.8 Å². The molecule has 1 heterocycles. The molecule has 1 aliphatic heterocycles. The van der Waals surface area contributed by atoms with Crippen molar-refractivity contribution in [3.05, 3.63) is 102 Å². The molecule has 38 heavy (non-hydrogen) atoms. The summed E-state index contributed by atoms with van der Waals surface area (Å²) < 4.78 is 6.30. The van der Waals surface area contributed by atoms with Crippen LogP contribution in [0.4, 0.5) is 0 Å². The second-order valence-corrected chi connectivity index (χ2v) is 12.6. The number of aliphatic hydroxyl groups is 4. The van der Waals surface area contributed by atoms with Gasteiger partial charge in [0.15, 0.2) is 7.26 Å². The van der Waals surface area contributed by atoms with E-state index in [-0.39, 0.29) is 12.5 Å². The number of carbonyl (C=O) groups is 1. The normalized spacial score (nSPS) is 19.3. The highest BCUT2D eigenvalue weighted by Gasteiger charge is 2.55. The Hall–Kier alpha value is -3.26. The van der Waals surface area contributed by atoms with Crippen LogP contribution in [0, 0.1) is 0 Å². The largest absolute Gasteiger partial charge is 0.467 e. The van der Waals surface area contributed by atoms with E-state index in [0.717, 1.165) is 15.9 Å². The van der Waals surface area contributed by atoms with Crippen molar-refractivity contribution in [2.24, 2.45) is 0 Å². The average Bonchev–Trinajstić information content (AvgIpc) is 3.34. The number of hydrogen-bond donors (Lipinski definition) is 5. The van der Waals surface area contributed by atoms with Crippen LogP contribution >= 0.6 is 7.26 Å². The van der Waals surface area contributed by atoms with Gasteiger partial charge in [-0.05, 0) is 36.4 Å². The summed E-state index contributed by atoms with van der Waals surface area (Å²) in [5.74, 6) is 0.0798. The summed E-state index contributed by atoms with van der Waals surface area (Å²) in [4.78, 5) is 14.6. The standard InChI is InChI=1S/C29H33N2O6P/c1-20(33)30-28(29-31(2)18-25(37-29)27(36)26(35)24(34)19-32)38(21-12-6-3-7-13-21,22-14-8-4-9-15-22)23-16-10-5-11-17-23/h3-17,24-27,32,34-36H,18-19H2,1-2H3/p+1/b29-28-. The third-order valence-corrected chi connectivity index (χ3v) is 10.8. The van der Waals surface area contributed by atoms with Gasteiger partial charge in [-0.15, -0.1) is 0 Å². The average molecular weight is 538 g/mol. The molecule has 0 spiro atoms. The molecule has 5 N–H and O–H groups in total. The third kappa shape index (κ3) is 5.32. The van der Waals surface area contributed by atoms with Crippen molar-refractivity contribution in [1.82, 2.24) is 10.2 Å². The Morgan fingerprint density at radius 1 is 0.921 bits per heavy atom. The van der Waals surface area contributed by atoms with Gasteiger partial charge in [0.05, 0.1) is 13.2 Å². The van der Waals surface area contributed by atoms with E-state index in [4.69, 9.17) is 4.74 Å². The lowest BCUT2D eigenvalue weighted by molar-refractivity contribution is -0.118. The Kier molecular flexibility index (Phi) is 8.82. The summed E-state index contributed by atoms with van der Waals surface area (Å²) in [7, 11) is -0.976. The molecule has 0 saturated carbocycles. The Morgan fingerprint density at radius 3 is 1.76 bits per heavy atom. The number of nitrogens with zero attached hydrogens (tertiary/aromatic N) is 1. The van der Waals surface area contributed by atoms with Gasteiger partial charge in [0.25, 0.3) is 5.88 Å². The number of ether oxygens (including phenoxy) is 1. The molecule has 0 aromatic heterocycles.